The Labute approximate surface area is 124 Å². The number of nitrogens with two attached hydrogens (primary N) is 1. The summed E-state index contributed by atoms with van der Waals surface area (Å²) in [6, 6.07) is 7.83. The zero-order valence-corrected chi connectivity index (χ0v) is 12.5. The first kappa shape index (κ1) is 13.5. The van der Waals surface area contributed by atoms with Crippen LogP contribution in [0.5, 0.6) is 0 Å². The molecule has 3 N–H and O–H groups in total. The van der Waals surface area contributed by atoms with Crippen LogP contribution in [-0.4, -0.2) is 10.2 Å². The topological polar surface area (TPSA) is 54.7 Å². The van der Waals surface area contributed by atoms with Crippen molar-refractivity contribution in [1.29, 1.82) is 0 Å². The Hall–Kier alpha value is -1.48. The highest BCUT2D eigenvalue weighted by Gasteiger charge is 2.33. The summed E-state index contributed by atoms with van der Waals surface area (Å²) in [5.41, 5.74) is 9.48. The molecule has 0 aliphatic heterocycles. The van der Waals surface area contributed by atoms with Gasteiger partial charge in [0.1, 0.15) is 0 Å². The van der Waals surface area contributed by atoms with Gasteiger partial charge in [-0.2, -0.15) is 5.10 Å². The normalized spacial score (nSPS) is 18.1. The SMILES string of the molecule is CC1(c2[nH]nc(N)c2-c2cccc(Cl)c2)CCCCC1. The zero-order valence-electron chi connectivity index (χ0n) is 11.7. The molecule has 2 aromatic rings. The Balaban J connectivity index is 2.10. The molecule has 20 heavy (non-hydrogen) atoms. The Bertz CT molecular complexity index is 612. The molecular formula is C16H20ClN3. The first-order valence-corrected chi connectivity index (χ1v) is 7.58. The standard InChI is InChI=1S/C16H20ClN3/c1-16(8-3-2-4-9-16)14-13(15(18)20-19-14)11-6-5-7-12(17)10-11/h5-7,10H,2-4,8-9H2,1H3,(H3,18,19,20). The smallest absolute Gasteiger partial charge is 0.153 e. The maximum absolute atomic E-state index is 6.12. The number of nitrogens with zero attached hydrogens (tertiary/aromatic N) is 1. The third-order valence-corrected chi connectivity index (χ3v) is 4.70. The van der Waals surface area contributed by atoms with Gasteiger partial charge in [-0.3, -0.25) is 5.10 Å². The molecule has 0 spiro atoms. The number of nitrogens with one attached hydrogen (secondary N) is 1. The molecule has 1 aliphatic rings. The lowest BCUT2D eigenvalue weighted by Gasteiger charge is -2.33. The predicted octanol–water partition coefficient (Wildman–Crippen LogP) is 4.53. The highest BCUT2D eigenvalue weighted by molar-refractivity contribution is 6.30. The number of H-pyrrole nitrogens is 1. The minimum absolute atomic E-state index is 0.139. The maximum atomic E-state index is 6.12. The molecule has 3 rings (SSSR count). The molecule has 3 nitrogen and oxygen atoms in total. The molecule has 4 heteroatoms. The molecule has 1 aromatic carbocycles. The number of benzene rings is 1. The molecule has 106 valence electrons. The summed E-state index contributed by atoms with van der Waals surface area (Å²) >= 11 is 6.12. The predicted molar refractivity (Wildman–Crippen MR) is 83.9 cm³/mol. The van der Waals surface area contributed by atoms with Crippen molar-refractivity contribution < 1.29 is 0 Å². The minimum atomic E-state index is 0.139. The number of hydrogen-bond donors (Lipinski definition) is 2. The largest absolute Gasteiger partial charge is 0.382 e. The molecule has 1 aromatic heterocycles. The third-order valence-electron chi connectivity index (χ3n) is 4.47. The van der Waals surface area contributed by atoms with Crippen LogP contribution in [0, 0.1) is 0 Å². The van der Waals surface area contributed by atoms with Crippen LogP contribution in [0.4, 0.5) is 5.82 Å². The van der Waals surface area contributed by atoms with Crippen molar-refractivity contribution in [3.8, 4) is 11.1 Å². The summed E-state index contributed by atoms with van der Waals surface area (Å²) in [6.07, 6.45) is 6.23. The molecule has 0 atom stereocenters. The monoisotopic (exact) mass is 289 g/mol. The fourth-order valence-corrected chi connectivity index (χ4v) is 3.50. The van der Waals surface area contributed by atoms with E-state index in [0.29, 0.717) is 5.82 Å². The van der Waals surface area contributed by atoms with Crippen LogP contribution in [0.25, 0.3) is 11.1 Å². The fourth-order valence-electron chi connectivity index (χ4n) is 3.31. The lowest BCUT2D eigenvalue weighted by atomic mass is 9.72. The molecule has 0 unspecified atom stereocenters. The number of halogens is 1. The summed E-state index contributed by atoms with van der Waals surface area (Å²) in [5.74, 6) is 0.564. The molecule has 1 heterocycles. The molecule has 0 amide bonds. The van der Waals surface area contributed by atoms with Crippen LogP contribution in [0.1, 0.15) is 44.7 Å². The first-order valence-electron chi connectivity index (χ1n) is 7.20. The van der Waals surface area contributed by atoms with Crippen molar-refractivity contribution in [2.45, 2.75) is 44.4 Å². The molecule has 0 bridgehead atoms. The van der Waals surface area contributed by atoms with Gasteiger partial charge < -0.3 is 5.73 Å². The maximum Gasteiger partial charge on any atom is 0.153 e. The Morgan fingerprint density at radius 2 is 2.00 bits per heavy atom. The molecule has 0 saturated heterocycles. The van der Waals surface area contributed by atoms with Crippen molar-refractivity contribution in [3.63, 3.8) is 0 Å². The van der Waals surface area contributed by atoms with Crippen LogP contribution in [0.15, 0.2) is 24.3 Å². The number of hydrogen-bond acceptors (Lipinski definition) is 2. The molecule has 1 aliphatic carbocycles. The van der Waals surface area contributed by atoms with Crippen molar-refractivity contribution in [3.05, 3.63) is 35.0 Å². The summed E-state index contributed by atoms with van der Waals surface area (Å²) in [5, 5.41) is 8.16. The van der Waals surface area contributed by atoms with Gasteiger partial charge in [0.2, 0.25) is 0 Å². The first-order chi connectivity index (χ1) is 9.60. The highest BCUT2D eigenvalue weighted by atomic mass is 35.5. The average Bonchev–Trinajstić information content (AvgIpc) is 2.82. The van der Waals surface area contributed by atoms with E-state index < -0.39 is 0 Å². The van der Waals surface area contributed by atoms with E-state index in [1.54, 1.807) is 0 Å². The van der Waals surface area contributed by atoms with Gasteiger partial charge in [0.15, 0.2) is 5.82 Å². The van der Waals surface area contributed by atoms with Crippen LogP contribution in [0.2, 0.25) is 5.02 Å². The third kappa shape index (κ3) is 2.31. The molecular weight excluding hydrogens is 270 g/mol. The number of nitrogen functional groups attached to an aromatic ring is 1. The lowest BCUT2D eigenvalue weighted by molar-refractivity contribution is 0.312. The van der Waals surface area contributed by atoms with E-state index in [9.17, 15) is 0 Å². The quantitative estimate of drug-likeness (QED) is 0.853. The highest BCUT2D eigenvalue weighted by Crippen LogP contribution is 2.44. The summed E-state index contributed by atoms with van der Waals surface area (Å²) < 4.78 is 0. The number of aromatic nitrogens is 2. The van der Waals surface area contributed by atoms with Crippen LogP contribution in [0.3, 0.4) is 0 Å². The fraction of sp³-hybridized carbons (Fsp3) is 0.438. The van der Waals surface area contributed by atoms with E-state index in [0.717, 1.165) is 21.8 Å². The minimum Gasteiger partial charge on any atom is -0.382 e. The Kier molecular flexibility index (Phi) is 3.47. The van der Waals surface area contributed by atoms with Gasteiger partial charge in [-0.15, -0.1) is 0 Å². The van der Waals surface area contributed by atoms with E-state index >= 15 is 0 Å². The van der Waals surface area contributed by atoms with Crippen molar-refractivity contribution >= 4 is 17.4 Å². The number of anilines is 1. The number of aromatic amines is 1. The average molecular weight is 290 g/mol. The van der Waals surface area contributed by atoms with Crippen molar-refractivity contribution in [1.82, 2.24) is 10.2 Å². The molecule has 1 saturated carbocycles. The van der Waals surface area contributed by atoms with E-state index in [2.05, 4.69) is 17.1 Å². The van der Waals surface area contributed by atoms with Gasteiger partial charge in [0, 0.05) is 16.0 Å². The van der Waals surface area contributed by atoms with Gasteiger partial charge in [0.05, 0.1) is 5.69 Å². The van der Waals surface area contributed by atoms with Gasteiger partial charge in [0.25, 0.3) is 0 Å². The van der Waals surface area contributed by atoms with E-state index in [-0.39, 0.29) is 5.41 Å². The van der Waals surface area contributed by atoms with Crippen LogP contribution >= 0.6 is 11.6 Å². The van der Waals surface area contributed by atoms with Gasteiger partial charge >= 0.3 is 0 Å². The lowest BCUT2D eigenvalue weighted by Crippen LogP contribution is -2.26. The molecule has 1 fully saturated rings. The zero-order chi connectivity index (χ0) is 14.2. The van der Waals surface area contributed by atoms with E-state index in [1.165, 1.54) is 32.1 Å². The summed E-state index contributed by atoms with van der Waals surface area (Å²) in [6.45, 7) is 2.31. The molecule has 0 radical (unpaired) electrons. The van der Waals surface area contributed by atoms with E-state index in [1.807, 2.05) is 24.3 Å². The van der Waals surface area contributed by atoms with Crippen molar-refractivity contribution in [2.24, 2.45) is 0 Å². The second-order valence-corrected chi connectivity index (χ2v) is 6.43. The second-order valence-electron chi connectivity index (χ2n) is 5.99. The van der Waals surface area contributed by atoms with Crippen molar-refractivity contribution in [2.75, 3.05) is 5.73 Å². The Morgan fingerprint density at radius 1 is 1.25 bits per heavy atom. The van der Waals surface area contributed by atoms with Crippen LogP contribution < -0.4 is 5.73 Å². The second kappa shape index (κ2) is 5.13. The van der Waals surface area contributed by atoms with Gasteiger partial charge in [-0.1, -0.05) is 49.9 Å². The van der Waals surface area contributed by atoms with E-state index in [4.69, 9.17) is 17.3 Å². The van der Waals surface area contributed by atoms with Gasteiger partial charge in [-0.25, -0.2) is 0 Å². The van der Waals surface area contributed by atoms with Gasteiger partial charge in [-0.05, 0) is 30.5 Å². The van der Waals surface area contributed by atoms with Crippen LogP contribution in [-0.2, 0) is 5.41 Å². The number of rotatable bonds is 2. The summed E-state index contributed by atoms with van der Waals surface area (Å²) in [7, 11) is 0. The summed E-state index contributed by atoms with van der Waals surface area (Å²) in [4.78, 5) is 0. The Morgan fingerprint density at radius 3 is 2.70 bits per heavy atom.